The van der Waals surface area contributed by atoms with Crippen LogP contribution in [0.2, 0.25) is 0 Å². The van der Waals surface area contributed by atoms with Crippen LogP contribution in [0.5, 0.6) is 0 Å². The van der Waals surface area contributed by atoms with Gasteiger partial charge in [-0.05, 0) is 44.6 Å². The van der Waals surface area contributed by atoms with Gasteiger partial charge in [0.15, 0.2) is 0 Å². The zero-order valence-corrected chi connectivity index (χ0v) is 18.8. The van der Waals surface area contributed by atoms with Gasteiger partial charge in [-0.3, -0.25) is 4.79 Å². The average Bonchev–Trinajstić information content (AvgIpc) is 2.97. The molecule has 1 heterocycles. The molecule has 1 aromatic carbocycles. The highest BCUT2D eigenvalue weighted by Crippen LogP contribution is 2.42. The minimum absolute atomic E-state index is 0.0204. The number of aliphatic carboxylic acids is 1. The third kappa shape index (κ3) is 9.27. The van der Waals surface area contributed by atoms with Crippen LogP contribution >= 0.6 is 0 Å². The highest BCUT2D eigenvalue weighted by molar-refractivity contribution is 5.68. The highest BCUT2D eigenvalue weighted by Gasteiger charge is 2.47. The average molecular weight is 415 g/mol. The van der Waals surface area contributed by atoms with Crippen molar-refractivity contribution in [2.75, 3.05) is 0 Å². The van der Waals surface area contributed by atoms with Crippen molar-refractivity contribution in [3.05, 3.63) is 54.1 Å². The van der Waals surface area contributed by atoms with Gasteiger partial charge in [0.25, 0.3) is 0 Å². The molecule has 3 atom stereocenters. The second-order valence-corrected chi connectivity index (χ2v) is 9.31. The number of carboxylic acid groups (broad SMARTS) is 1. The molecule has 1 N–H and O–H groups in total. The van der Waals surface area contributed by atoms with Gasteiger partial charge in [-0.2, -0.15) is 0 Å². The molecule has 166 valence electrons. The van der Waals surface area contributed by atoms with Crippen molar-refractivity contribution in [2.45, 2.75) is 89.8 Å². The first kappa shape index (κ1) is 24.4. The molecule has 1 aliphatic heterocycles. The molecule has 0 aromatic heterocycles. The van der Waals surface area contributed by atoms with Crippen LogP contribution in [0.1, 0.15) is 84.1 Å². The standard InChI is InChI=1S/C26H38O4/c1-22(19-25(2)21-26(3,30-29-25)20-24(27)28)15-11-8-6-4-5-7-9-12-16-23-17-13-10-14-18-23/h7,9-10,12-14,16-18,22H,4-6,8,11,15,19-21H2,1-3H3,(H,27,28)/b9-7+,16-12+/t22-,25-,26+/m1/s1. The van der Waals surface area contributed by atoms with Crippen LogP contribution in [0, 0.1) is 5.92 Å². The zero-order valence-electron chi connectivity index (χ0n) is 18.8. The Hall–Kier alpha value is -1.91. The first-order valence-corrected chi connectivity index (χ1v) is 11.3. The van der Waals surface area contributed by atoms with Gasteiger partial charge in [0.1, 0.15) is 11.2 Å². The van der Waals surface area contributed by atoms with E-state index in [0.717, 1.165) is 12.8 Å². The second kappa shape index (κ2) is 12.1. The lowest BCUT2D eigenvalue weighted by atomic mass is 9.81. The molecule has 0 spiro atoms. The Labute approximate surface area is 181 Å². The van der Waals surface area contributed by atoms with Crippen molar-refractivity contribution in [3.63, 3.8) is 0 Å². The summed E-state index contributed by atoms with van der Waals surface area (Å²) in [6.45, 7) is 6.11. The Morgan fingerprint density at radius 3 is 2.50 bits per heavy atom. The Bertz CT molecular complexity index is 696. The first-order chi connectivity index (χ1) is 14.3. The Morgan fingerprint density at radius 1 is 1.07 bits per heavy atom. The quantitative estimate of drug-likeness (QED) is 0.215. The largest absolute Gasteiger partial charge is 0.481 e. The van der Waals surface area contributed by atoms with E-state index >= 15 is 0 Å². The summed E-state index contributed by atoms with van der Waals surface area (Å²) >= 11 is 0. The summed E-state index contributed by atoms with van der Waals surface area (Å²) < 4.78 is 0. The fraction of sp³-hybridized carbons (Fsp3) is 0.577. The van der Waals surface area contributed by atoms with Crippen molar-refractivity contribution in [3.8, 4) is 0 Å². The Kier molecular flexibility index (Phi) is 9.80. The predicted molar refractivity (Wildman–Crippen MR) is 122 cm³/mol. The number of carbonyl (C=O) groups is 1. The number of carboxylic acids is 1. The van der Waals surface area contributed by atoms with Gasteiger partial charge < -0.3 is 5.11 Å². The van der Waals surface area contributed by atoms with E-state index in [1.165, 1.54) is 37.7 Å². The number of unbranched alkanes of at least 4 members (excludes halogenated alkanes) is 4. The van der Waals surface area contributed by atoms with Crippen molar-refractivity contribution < 1.29 is 19.7 Å². The van der Waals surface area contributed by atoms with Crippen LogP contribution in [0.3, 0.4) is 0 Å². The van der Waals surface area contributed by atoms with Gasteiger partial charge in [0, 0.05) is 6.42 Å². The van der Waals surface area contributed by atoms with Crippen LogP contribution < -0.4 is 0 Å². The topological polar surface area (TPSA) is 55.8 Å². The zero-order chi connectivity index (χ0) is 21.9. The highest BCUT2D eigenvalue weighted by atomic mass is 17.2. The van der Waals surface area contributed by atoms with E-state index in [9.17, 15) is 4.79 Å². The van der Waals surface area contributed by atoms with E-state index in [4.69, 9.17) is 14.9 Å². The normalized spacial score (nSPS) is 25.3. The molecular weight excluding hydrogens is 376 g/mol. The van der Waals surface area contributed by atoms with Crippen LogP contribution in [-0.4, -0.2) is 22.3 Å². The summed E-state index contributed by atoms with van der Waals surface area (Å²) in [5.74, 6) is -0.311. The number of benzene rings is 1. The van der Waals surface area contributed by atoms with Gasteiger partial charge in [-0.25, -0.2) is 9.78 Å². The van der Waals surface area contributed by atoms with Gasteiger partial charge in [0.05, 0.1) is 6.42 Å². The SMILES string of the molecule is C[C@H](CCCCCC/C=C/C=C/c1ccccc1)C[C@]1(C)C[C@](C)(CC(=O)O)OO1. The third-order valence-corrected chi connectivity index (χ3v) is 5.65. The van der Waals surface area contributed by atoms with E-state index in [1.807, 2.05) is 19.9 Å². The van der Waals surface area contributed by atoms with Crippen LogP contribution in [0.25, 0.3) is 6.08 Å². The molecule has 0 amide bonds. The molecule has 0 radical (unpaired) electrons. The van der Waals surface area contributed by atoms with Crippen LogP contribution in [0.4, 0.5) is 0 Å². The number of allylic oxidation sites excluding steroid dienone is 3. The summed E-state index contributed by atoms with van der Waals surface area (Å²) in [4.78, 5) is 22.0. The van der Waals surface area contributed by atoms with E-state index in [-0.39, 0.29) is 12.0 Å². The maximum atomic E-state index is 11.0. The molecule has 2 rings (SSSR count). The second-order valence-electron chi connectivity index (χ2n) is 9.31. The lowest BCUT2D eigenvalue weighted by molar-refractivity contribution is -0.346. The van der Waals surface area contributed by atoms with Crippen molar-refractivity contribution in [2.24, 2.45) is 5.92 Å². The molecule has 1 fully saturated rings. The summed E-state index contributed by atoms with van der Waals surface area (Å²) in [5.41, 5.74) is 0.123. The van der Waals surface area contributed by atoms with E-state index in [1.54, 1.807) is 0 Å². The first-order valence-electron chi connectivity index (χ1n) is 11.3. The Balaban J connectivity index is 1.53. The molecule has 0 saturated carbocycles. The van der Waals surface area contributed by atoms with E-state index in [0.29, 0.717) is 12.3 Å². The van der Waals surface area contributed by atoms with E-state index in [2.05, 4.69) is 55.5 Å². The lowest BCUT2D eigenvalue weighted by Gasteiger charge is -2.25. The van der Waals surface area contributed by atoms with Gasteiger partial charge in [-0.1, -0.05) is 87.2 Å². The molecular formula is C26H38O4. The molecule has 1 aromatic rings. The monoisotopic (exact) mass is 414 g/mol. The minimum Gasteiger partial charge on any atom is -0.481 e. The fourth-order valence-corrected chi connectivity index (χ4v) is 4.42. The number of hydrogen-bond donors (Lipinski definition) is 1. The van der Waals surface area contributed by atoms with Crippen molar-refractivity contribution >= 4 is 12.0 Å². The Morgan fingerprint density at radius 2 is 1.77 bits per heavy atom. The molecule has 0 unspecified atom stereocenters. The molecule has 1 saturated heterocycles. The van der Waals surface area contributed by atoms with E-state index < -0.39 is 11.6 Å². The molecule has 0 aliphatic carbocycles. The predicted octanol–water partition coefficient (Wildman–Crippen LogP) is 6.97. The molecule has 4 nitrogen and oxygen atoms in total. The van der Waals surface area contributed by atoms with Crippen molar-refractivity contribution in [1.29, 1.82) is 0 Å². The van der Waals surface area contributed by atoms with Gasteiger partial charge in [0.2, 0.25) is 0 Å². The van der Waals surface area contributed by atoms with Crippen LogP contribution in [-0.2, 0) is 14.6 Å². The maximum absolute atomic E-state index is 11.0. The molecule has 1 aliphatic rings. The summed E-state index contributed by atoms with van der Waals surface area (Å²) in [5, 5.41) is 9.04. The summed E-state index contributed by atoms with van der Waals surface area (Å²) in [6.07, 6.45) is 17.4. The number of rotatable bonds is 13. The summed E-state index contributed by atoms with van der Waals surface area (Å²) in [6, 6.07) is 10.3. The lowest BCUT2D eigenvalue weighted by Crippen LogP contribution is -2.31. The minimum atomic E-state index is -0.847. The maximum Gasteiger partial charge on any atom is 0.306 e. The smallest absolute Gasteiger partial charge is 0.306 e. The molecule has 30 heavy (non-hydrogen) atoms. The van der Waals surface area contributed by atoms with Gasteiger partial charge in [-0.15, -0.1) is 0 Å². The van der Waals surface area contributed by atoms with Gasteiger partial charge >= 0.3 is 5.97 Å². The third-order valence-electron chi connectivity index (χ3n) is 5.65. The van der Waals surface area contributed by atoms with Crippen molar-refractivity contribution in [1.82, 2.24) is 0 Å². The molecule has 4 heteroatoms. The molecule has 0 bridgehead atoms. The summed E-state index contributed by atoms with van der Waals surface area (Å²) in [7, 11) is 0. The van der Waals surface area contributed by atoms with Crippen LogP contribution in [0.15, 0.2) is 48.6 Å². The fourth-order valence-electron chi connectivity index (χ4n) is 4.42. The number of hydrogen-bond acceptors (Lipinski definition) is 3.